The molecule has 0 fully saturated rings. The minimum absolute atomic E-state index is 0.0922. The van der Waals surface area contributed by atoms with E-state index in [-0.39, 0.29) is 18.9 Å². The average molecular weight is 413 g/mol. The lowest BCUT2D eigenvalue weighted by Crippen LogP contribution is -2.20. The number of anilines is 1. The van der Waals surface area contributed by atoms with Crippen LogP contribution in [0, 0.1) is 0 Å². The maximum absolute atomic E-state index is 12.0. The lowest BCUT2D eigenvalue weighted by Gasteiger charge is -2.09. The molecule has 0 aromatic heterocycles. The topological polar surface area (TPSA) is 81.4 Å². The third-order valence-electron chi connectivity index (χ3n) is 3.76. The SMILES string of the molecule is NC(=O)Cc1ccc(NC(=O)COc2ccc3cc(Br)ccc3c2)cc1. The molecule has 0 aliphatic carbocycles. The minimum atomic E-state index is -0.391. The van der Waals surface area contributed by atoms with Gasteiger partial charge < -0.3 is 15.8 Å². The van der Waals surface area contributed by atoms with Gasteiger partial charge in [-0.1, -0.05) is 40.2 Å². The Kier molecular flexibility index (Phi) is 5.53. The number of carbonyl (C=O) groups excluding carboxylic acids is 2. The van der Waals surface area contributed by atoms with Gasteiger partial charge in [-0.15, -0.1) is 0 Å². The molecule has 6 heteroatoms. The van der Waals surface area contributed by atoms with Crippen molar-refractivity contribution in [3.05, 3.63) is 70.7 Å². The summed E-state index contributed by atoms with van der Waals surface area (Å²) < 4.78 is 6.58. The maximum atomic E-state index is 12.0. The number of hydrogen-bond donors (Lipinski definition) is 2. The Morgan fingerprint density at radius 3 is 2.38 bits per heavy atom. The number of carbonyl (C=O) groups is 2. The first-order valence-electron chi connectivity index (χ1n) is 7.99. The number of fused-ring (bicyclic) bond motifs is 1. The summed E-state index contributed by atoms with van der Waals surface area (Å²) in [6, 6.07) is 18.6. The highest BCUT2D eigenvalue weighted by atomic mass is 79.9. The molecule has 0 saturated heterocycles. The lowest BCUT2D eigenvalue weighted by atomic mass is 10.1. The first kappa shape index (κ1) is 17.9. The maximum Gasteiger partial charge on any atom is 0.262 e. The summed E-state index contributed by atoms with van der Waals surface area (Å²) in [4.78, 5) is 22.9. The number of rotatable bonds is 6. The van der Waals surface area contributed by atoms with Gasteiger partial charge in [-0.25, -0.2) is 0 Å². The summed E-state index contributed by atoms with van der Waals surface area (Å²) in [6.07, 6.45) is 0.176. The molecule has 26 heavy (non-hydrogen) atoms. The van der Waals surface area contributed by atoms with Crippen molar-refractivity contribution in [1.82, 2.24) is 0 Å². The number of nitrogens with two attached hydrogens (primary N) is 1. The second kappa shape index (κ2) is 8.01. The van der Waals surface area contributed by atoms with Crippen molar-refractivity contribution in [2.45, 2.75) is 6.42 Å². The highest BCUT2D eigenvalue weighted by Gasteiger charge is 2.06. The van der Waals surface area contributed by atoms with E-state index in [1.165, 1.54) is 0 Å². The van der Waals surface area contributed by atoms with Crippen LogP contribution in [-0.2, 0) is 16.0 Å². The largest absolute Gasteiger partial charge is 0.484 e. The molecule has 0 atom stereocenters. The van der Waals surface area contributed by atoms with Crippen LogP contribution in [0.25, 0.3) is 10.8 Å². The summed E-state index contributed by atoms with van der Waals surface area (Å²) >= 11 is 3.44. The molecule has 0 unspecified atom stereocenters. The first-order chi connectivity index (χ1) is 12.5. The normalized spacial score (nSPS) is 10.5. The molecule has 0 aliphatic rings. The average Bonchev–Trinajstić information content (AvgIpc) is 2.61. The van der Waals surface area contributed by atoms with Crippen LogP contribution in [0.1, 0.15) is 5.56 Å². The fourth-order valence-electron chi connectivity index (χ4n) is 2.54. The quantitative estimate of drug-likeness (QED) is 0.648. The second-order valence-corrected chi connectivity index (χ2v) is 6.75. The summed E-state index contributed by atoms with van der Waals surface area (Å²) in [5, 5.41) is 4.88. The minimum Gasteiger partial charge on any atom is -0.484 e. The fourth-order valence-corrected chi connectivity index (χ4v) is 2.92. The summed E-state index contributed by atoms with van der Waals surface area (Å²) in [7, 11) is 0. The van der Waals surface area contributed by atoms with Crippen molar-refractivity contribution < 1.29 is 14.3 Å². The van der Waals surface area contributed by atoms with Crippen molar-refractivity contribution in [2.24, 2.45) is 5.73 Å². The van der Waals surface area contributed by atoms with Gasteiger partial charge in [0.1, 0.15) is 5.75 Å². The smallest absolute Gasteiger partial charge is 0.262 e. The van der Waals surface area contributed by atoms with Crippen molar-refractivity contribution in [1.29, 1.82) is 0 Å². The van der Waals surface area contributed by atoms with Crippen LogP contribution in [0.15, 0.2) is 65.1 Å². The van der Waals surface area contributed by atoms with E-state index < -0.39 is 5.91 Å². The third kappa shape index (κ3) is 4.83. The van der Waals surface area contributed by atoms with Gasteiger partial charge in [0, 0.05) is 10.2 Å². The standard InChI is InChI=1S/C20H17BrN2O3/c21-16-5-3-15-11-18(8-4-14(15)10-16)26-12-20(25)23-17-6-1-13(2-7-17)9-19(22)24/h1-8,10-11H,9,12H2,(H2,22,24)(H,23,25). The second-order valence-electron chi connectivity index (χ2n) is 5.83. The van der Waals surface area contributed by atoms with Crippen LogP contribution in [0.2, 0.25) is 0 Å². The molecule has 0 saturated carbocycles. The van der Waals surface area contributed by atoms with Gasteiger partial charge in [0.15, 0.2) is 6.61 Å². The Bertz CT molecular complexity index is 955. The highest BCUT2D eigenvalue weighted by Crippen LogP contribution is 2.24. The van der Waals surface area contributed by atoms with Gasteiger partial charge in [-0.3, -0.25) is 9.59 Å². The predicted molar refractivity (Wildman–Crippen MR) is 105 cm³/mol. The number of amides is 2. The summed E-state index contributed by atoms with van der Waals surface area (Å²) in [5.74, 6) is -0.0201. The number of ether oxygens (including phenoxy) is 1. The summed E-state index contributed by atoms with van der Waals surface area (Å²) in [5.41, 5.74) is 6.59. The molecule has 132 valence electrons. The monoisotopic (exact) mass is 412 g/mol. The van der Waals surface area contributed by atoms with Gasteiger partial charge in [0.2, 0.25) is 5.91 Å². The molecule has 0 heterocycles. The Labute approximate surface area is 159 Å². The van der Waals surface area contributed by atoms with Crippen molar-refractivity contribution in [2.75, 3.05) is 11.9 Å². The Balaban J connectivity index is 1.56. The molecule has 3 N–H and O–H groups in total. The van der Waals surface area contributed by atoms with Crippen LogP contribution in [0.5, 0.6) is 5.75 Å². The summed E-state index contributed by atoms with van der Waals surface area (Å²) in [6.45, 7) is -0.0922. The Morgan fingerprint density at radius 1 is 0.962 bits per heavy atom. The van der Waals surface area contributed by atoms with Gasteiger partial charge in [0.05, 0.1) is 6.42 Å². The van der Waals surface area contributed by atoms with E-state index in [1.807, 2.05) is 36.4 Å². The van der Waals surface area contributed by atoms with Crippen LogP contribution in [0.4, 0.5) is 5.69 Å². The van der Waals surface area contributed by atoms with Gasteiger partial charge >= 0.3 is 0 Å². The molecule has 5 nitrogen and oxygen atoms in total. The molecule has 0 aliphatic heterocycles. The number of nitrogens with one attached hydrogen (secondary N) is 1. The van der Waals surface area contributed by atoms with E-state index in [2.05, 4.69) is 21.2 Å². The predicted octanol–water partition coefficient (Wildman–Crippen LogP) is 3.65. The van der Waals surface area contributed by atoms with E-state index >= 15 is 0 Å². The molecular weight excluding hydrogens is 396 g/mol. The van der Waals surface area contributed by atoms with E-state index in [9.17, 15) is 9.59 Å². The van der Waals surface area contributed by atoms with Crippen molar-refractivity contribution in [3.8, 4) is 5.75 Å². The Hall–Kier alpha value is -2.86. The van der Waals surface area contributed by atoms with Crippen LogP contribution >= 0.6 is 15.9 Å². The number of halogens is 1. The van der Waals surface area contributed by atoms with Crippen LogP contribution in [0.3, 0.4) is 0 Å². The van der Waals surface area contributed by atoms with Crippen molar-refractivity contribution in [3.63, 3.8) is 0 Å². The van der Waals surface area contributed by atoms with Gasteiger partial charge in [-0.2, -0.15) is 0 Å². The molecule has 3 aromatic rings. The van der Waals surface area contributed by atoms with E-state index in [1.54, 1.807) is 24.3 Å². The Morgan fingerprint density at radius 2 is 1.65 bits per heavy atom. The van der Waals surface area contributed by atoms with E-state index in [4.69, 9.17) is 10.5 Å². The number of primary amides is 1. The van der Waals surface area contributed by atoms with Crippen molar-refractivity contribution >= 4 is 44.2 Å². The zero-order valence-corrected chi connectivity index (χ0v) is 15.5. The van der Waals surface area contributed by atoms with Crippen LogP contribution in [-0.4, -0.2) is 18.4 Å². The zero-order chi connectivity index (χ0) is 18.5. The van der Waals surface area contributed by atoms with Gasteiger partial charge in [0.25, 0.3) is 5.91 Å². The lowest BCUT2D eigenvalue weighted by molar-refractivity contribution is -0.118. The first-order valence-corrected chi connectivity index (χ1v) is 8.78. The van der Waals surface area contributed by atoms with Gasteiger partial charge in [-0.05, 0) is 52.7 Å². The molecule has 2 amide bonds. The number of hydrogen-bond acceptors (Lipinski definition) is 3. The highest BCUT2D eigenvalue weighted by molar-refractivity contribution is 9.10. The molecule has 0 spiro atoms. The van der Waals surface area contributed by atoms with Crippen LogP contribution < -0.4 is 15.8 Å². The number of benzene rings is 3. The van der Waals surface area contributed by atoms with E-state index in [0.29, 0.717) is 11.4 Å². The molecule has 3 aromatic carbocycles. The molecule has 0 bridgehead atoms. The molecule has 3 rings (SSSR count). The fraction of sp³-hybridized carbons (Fsp3) is 0.100. The molecule has 0 radical (unpaired) electrons. The third-order valence-corrected chi connectivity index (χ3v) is 4.25. The molecular formula is C20H17BrN2O3. The zero-order valence-electron chi connectivity index (χ0n) is 13.9. The van der Waals surface area contributed by atoms with E-state index in [0.717, 1.165) is 20.8 Å².